The molecule has 0 saturated carbocycles. The normalized spacial score (nSPS) is 14.5. The Morgan fingerprint density at radius 1 is 0.919 bits per heavy atom. The first-order chi connectivity index (χ1) is 18.0. The lowest BCUT2D eigenvalue weighted by atomic mass is 9.94. The summed E-state index contributed by atoms with van der Waals surface area (Å²) < 4.78 is 5.48. The predicted molar refractivity (Wildman–Crippen MR) is 145 cm³/mol. The number of likely N-dealkylation sites (tertiary alicyclic amines) is 1. The summed E-state index contributed by atoms with van der Waals surface area (Å²) in [5, 5.41) is 5.13. The zero-order chi connectivity index (χ0) is 25.6. The number of amides is 1. The highest BCUT2D eigenvalue weighted by molar-refractivity contribution is 6.36. The molecule has 1 fully saturated rings. The molecule has 3 aromatic carbocycles. The van der Waals surface area contributed by atoms with Gasteiger partial charge >= 0.3 is 0 Å². The summed E-state index contributed by atoms with van der Waals surface area (Å²) in [6, 6.07) is 25.6. The van der Waals surface area contributed by atoms with Crippen molar-refractivity contribution in [3.8, 4) is 11.4 Å². The number of hydrogen-bond acceptors (Lipinski definition) is 5. The number of piperidine rings is 1. The Hall–Kier alpha value is -3.19. The van der Waals surface area contributed by atoms with Crippen LogP contribution in [0.15, 0.2) is 83.4 Å². The van der Waals surface area contributed by atoms with Gasteiger partial charge in [-0.1, -0.05) is 89.0 Å². The van der Waals surface area contributed by atoms with Crippen LogP contribution in [0, 0.1) is 5.92 Å². The summed E-state index contributed by atoms with van der Waals surface area (Å²) in [4.78, 5) is 22.4. The Morgan fingerprint density at radius 2 is 1.54 bits per heavy atom. The second-order valence-electron chi connectivity index (χ2n) is 9.35. The van der Waals surface area contributed by atoms with Crippen molar-refractivity contribution in [1.82, 2.24) is 19.9 Å². The number of hydrogen-bond donors (Lipinski definition) is 0. The second kappa shape index (κ2) is 11.9. The molecule has 0 aliphatic carbocycles. The Balaban J connectivity index is 1.20. The quantitative estimate of drug-likeness (QED) is 0.258. The largest absolute Gasteiger partial charge is 0.338 e. The van der Waals surface area contributed by atoms with Gasteiger partial charge in [0.25, 0.3) is 0 Å². The van der Waals surface area contributed by atoms with Gasteiger partial charge in [-0.2, -0.15) is 4.98 Å². The van der Waals surface area contributed by atoms with Gasteiger partial charge in [0.1, 0.15) is 0 Å². The van der Waals surface area contributed by atoms with Crippen LogP contribution in [-0.2, 0) is 24.4 Å². The van der Waals surface area contributed by atoms with E-state index in [1.807, 2.05) is 41.3 Å². The topological polar surface area (TPSA) is 62.5 Å². The molecule has 2 heterocycles. The zero-order valence-electron chi connectivity index (χ0n) is 20.4. The van der Waals surface area contributed by atoms with E-state index >= 15 is 0 Å². The van der Waals surface area contributed by atoms with Crippen molar-refractivity contribution in [2.75, 3.05) is 13.1 Å². The molecule has 0 N–H and O–H groups in total. The maximum atomic E-state index is 13.6. The Kier molecular flexibility index (Phi) is 8.19. The molecule has 5 rings (SSSR count). The molecule has 37 heavy (non-hydrogen) atoms. The number of benzene rings is 3. The van der Waals surface area contributed by atoms with Gasteiger partial charge in [0, 0.05) is 29.6 Å². The SMILES string of the molecule is O=C(C1CCN(Cc2nc(-c3ccc(Cl)cc3Cl)no2)CC1)N(Cc1ccccc1)Cc1ccccc1. The molecule has 1 aromatic heterocycles. The van der Waals surface area contributed by atoms with Crippen molar-refractivity contribution in [2.24, 2.45) is 5.92 Å². The Morgan fingerprint density at radius 3 is 2.14 bits per heavy atom. The van der Waals surface area contributed by atoms with Crippen LogP contribution in [0.4, 0.5) is 0 Å². The summed E-state index contributed by atoms with van der Waals surface area (Å²) in [5.74, 6) is 1.18. The van der Waals surface area contributed by atoms with Crippen LogP contribution in [0.3, 0.4) is 0 Å². The van der Waals surface area contributed by atoms with Crippen LogP contribution >= 0.6 is 23.2 Å². The Labute approximate surface area is 226 Å². The van der Waals surface area contributed by atoms with E-state index in [0.29, 0.717) is 47.0 Å². The molecule has 190 valence electrons. The monoisotopic (exact) mass is 534 g/mol. The molecule has 1 saturated heterocycles. The highest BCUT2D eigenvalue weighted by Crippen LogP contribution is 2.29. The molecule has 6 nitrogen and oxygen atoms in total. The lowest BCUT2D eigenvalue weighted by molar-refractivity contribution is -0.138. The van der Waals surface area contributed by atoms with Crippen molar-refractivity contribution in [2.45, 2.75) is 32.5 Å². The number of rotatable bonds is 8. The molecule has 0 radical (unpaired) electrons. The van der Waals surface area contributed by atoms with Gasteiger partial charge in [-0.25, -0.2) is 0 Å². The lowest BCUT2D eigenvalue weighted by Crippen LogP contribution is -2.42. The maximum Gasteiger partial charge on any atom is 0.241 e. The van der Waals surface area contributed by atoms with E-state index in [9.17, 15) is 4.79 Å². The van der Waals surface area contributed by atoms with Crippen molar-refractivity contribution >= 4 is 29.1 Å². The number of aromatic nitrogens is 2. The van der Waals surface area contributed by atoms with E-state index in [0.717, 1.165) is 37.1 Å². The van der Waals surface area contributed by atoms with Crippen LogP contribution in [0.2, 0.25) is 10.0 Å². The van der Waals surface area contributed by atoms with Crippen LogP contribution in [0.1, 0.15) is 29.9 Å². The van der Waals surface area contributed by atoms with E-state index < -0.39 is 0 Å². The van der Waals surface area contributed by atoms with E-state index in [4.69, 9.17) is 27.7 Å². The third-order valence-corrected chi connectivity index (χ3v) is 7.23. The Bertz CT molecular complexity index is 1280. The highest BCUT2D eigenvalue weighted by atomic mass is 35.5. The first kappa shape index (κ1) is 25.5. The van der Waals surface area contributed by atoms with Gasteiger partial charge in [-0.15, -0.1) is 0 Å². The summed E-state index contributed by atoms with van der Waals surface area (Å²) in [6.07, 6.45) is 1.59. The van der Waals surface area contributed by atoms with Crippen molar-refractivity contribution in [1.29, 1.82) is 0 Å². The van der Waals surface area contributed by atoms with Gasteiger partial charge in [0.2, 0.25) is 17.6 Å². The molecule has 0 atom stereocenters. The predicted octanol–water partition coefficient (Wildman–Crippen LogP) is 6.48. The van der Waals surface area contributed by atoms with Gasteiger partial charge in [-0.05, 0) is 55.3 Å². The minimum Gasteiger partial charge on any atom is -0.338 e. The van der Waals surface area contributed by atoms with E-state index in [1.54, 1.807) is 18.2 Å². The summed E-state index contributed by atoms with van der Waals surface area (Å²) in [7, 11) is 0. The second-order valence-corrected chi connectivity index (χ2v) is 10.2. The third kappa shape index (κ3) is 6.58. The molecule has 4 aromatic rings. The fraction of sp³-hybridized carbons (Fsp3) is 0.276. The maximum absolute atomic E-state index is 13.6. The summed E-state index contributed by atoms with van der Waals surface area (Å²) in [6.45, 7) is 3.33. The smallest absolute Gasteiger partial charge is 0.241 e. The van der Waals surface area contributed by atoms with E-state index in [2.05, 4.69) is 39.3 Å². The minimum atomic E-state index is -0.00482. The van der Waals surface area contributed by atoms with Crippen molar-refractivity contribution in [3.63, 3.8) is 0 Å². The van der Waals surface area contributed by atoms with Crippen LogP contribution in [0.5, 0.6) is 0 Å². The molecule has 0 unspecified atom stereocenters. The van der Waals surface area contributed by atoms with Crippen LogP contribution < -0.4 is 0 Å². The van der Waals surface area contributed by atoms with E-state index in [1.165, 1.54) is 0 Å². The minimum absolute atomic E-state index is 0.00482. The number of halogens is 2. The first-order valence-corrected chi connectivity index (χ1v) is 13.2. The number of carbonyl (C=O) groups is 1. The first-order valence-electron chi connectivity index (χ1n) is 12.4. The molecular formula is C29H28Cl2N4O2. The van der Waals surface area contributed by atoms with Gasteiger partial charge in [0.05, 0.1) is 11.6 Å². The molecule has 1 aliphatic rings. The molecule has 0 bridgehead atoms. The summed E-state index contributed by atoms with van der Waals surface area (Å²) >= 11 is 12.3. The van der Waals surface area contributed by atoms with E-state index in [-0.39, 0.29) is 11.8 Å². The number of carbonyl (C=O) groups excluding carboxylic acids is 1. The average molecular weight is 535 g/mol. The van der Waals surface area contributed by atoms with Crippen LogP contribution in [-0.4, -0.2) is 38.9 Å². The lowest BCUT2D eigenvalue weighted by Gasteiger charge is -2.34. The molecule has 1 amide bonds. The zero-order valence-corrected chi connectivity index (χ0v) is 21.9. The summed E-state index contributed by atoms with van der Waals surface area (Å²) in [5.41, 5.74) is 2.96. The van der Waals surface area contributed by atoms with Gasteiger partial charge < -0.3 is 9.42 Å². The molecule has 1 aliphatic heterocycles. The molecule has 8 heteroatoms. The standard InChI is InChI=1S/C29H28Cl2N4O2/c30-24-11-12-25(26(31)17-24)28-32-27(37-33-28)20-34-15-13-23(14-16-34)29(36)35(18-21-7-3-1-4-8-21)19-22-9-5-2-6-10-22/h1-12,17,23H,13-16,18-20H2. The highest BCUT2D eigenvalue weighted by Gasteiger charge is 2.29. The van der Waals surface area contributed by atoms with Gasteiger partial charge in [0.15, 0.2) is 0 Å². The van der Waals surface area contributed by atoms with Crippen molar-refractivity contribution < 1.29 is 9.32 Å². The third-order valence-electron chi connectivity index (χ3n) is 6.68. The average Bonchev–Trinajstić information content (AvgIpc) is 3.37. The van der Waals surface area contributed by atoms with Crippen molar-refractivity contribution in [3.05, 3.63) is 106 Å². The van der Waals surface area contributed by atoms with Gasteiger partial charge in [-0.3, -0.25) is 9.69 Å². The number of nitrogens with zero attached hydrogens (tertiary/aromatic N) is 4. The van der Waals surface area contributed by atoms with Crippen LogP contribution in [0.25, 0.3) is 11.4 Å². The fourth-order valence-corrected chi connectivity index (χ4v) is 5.20. The molecular weight excluding hydrogens is 507 g/mol. The molecule has 0 spiro atoms. The fourth-order valence-electron chi connectivity index (χ4n) is 4.71.